The van der Waals surface area contributed by atoms with Crippen LogP contribution in [0.15, 0.2) is 0 Å². The number of alkyl halides is 3. The summed E-state index contributed by atoms with van der Waals surface area (Å²) in [6.07, 6.45) is -3.84. The molecular weight excluding hydrogens is 771 g/mol. The predicted octanol–water partition coefficient (Wildman–Crippen LogP) is -2.80. The molecule has 8 amide bonds. The van der Waals surface area contributed by atoms with Crippen LogP contribution in [0.5, 0.6) is 0 Å². The first-order valence-electron chi connectivity index (χ1n) is 17.9. The summed E-state index contributed by atoms with van der Waals surface area (Å²) in [6.45, 7) is 7.54. The lowest BCUT2D eigenvalue weighted by molar-refractivity contribution is -0.192. The molecule has 324 valence electrons. The van der Waals surface area contributed by atoms with E-state index in [0.717, 1.165) is 0 Å². The number of carbonyl (C=O) groups is 10. The van der Waals surface area contributed by atoms with Crippen molar-refractivity contribution in [3.05, 3.63) is 0 Å². The number of rotatable bonds is 21. The number of carbonyl (C=O) groups excluding carboxylic acids is 8. The molecule has 1 aliphatic rings. The van der Waals surface area contributed by atoms with E-state index in [1.54, 1.807) is 13.8 Å². The second-order valence-electron chi connectivity index (χ2n) is 13.5. The molecule has 0 aromatic heterocycles. The molecule has 1 aliphatic heterocycles. The van der Waals surface area contributed by atoms with Crippen LogP contribution in [0.25, 0.3) is 0 Å². The van der Waals surface area contributed by atoms with Crippen molar-refractivity contribution in [2.24, 2.45) is 23.3 Å². The van der Waals surface area contributed by atoms with Gasteiger partial charge in [0.2, 0.25) is 47.3 Å². The van der Waals surface area contributed by atoms with E-state index in [9.17, 15) is 61.4 Å². The van der Waals surface area contributed by atoms with Crippen LogP contribution in [0.2, 0.25) is 0 Å². The summed E-state index contributed by atoms with van der Waals surface area (Å²) in [7, 11) is 0. The van der Waals surface area contributed by atoms with Crippen molar-refractivity contribution < 1.29 is 71.3 Å². The molecular formula is C33H54F3N9O12. The van der Waals surface area contributed by atoms with Crippen molar-refractivity contribution in [3.63, 3.8) is 0 Å². The van der Waals surface area contributed by atoms with Crippen molar-refractivity contribution in [1.82, 2.24) is 36.8 Å². The van der Waals surface area contributed by atoms with E-state index in [2.05, 4.69) is 31.9 Å². The number of nitrogens with one attached hydrogen (secondary N) is 6. The lowest BCUT2D eigenvalue weighted by Crippen LogP contribution is -2.57. The molecule has 0 aromatic rings. The molecule has 0 bridgehead atoms. The highest BCUT2D eigenvalue weighted by atomic mass is 19.4. The van der Waals surface area contributed by atoms with Crippen LogP contribution in [0.4, 0.5) is 13.2 Å². The van der Waals surface area contributed by atoms with Crippen LogP contribution in [-0.2, 0) is 47.9 Å². The number of amides is 8. The normalized spacial score (nSPS) is 16.2. The third kappa shape index (κ3) is 19.7. The van der Waals surface area contributed by atoms with Gasteiger partial charge in [-0.3, -0.25) is 38.4 Å². The molecule has 0 spiro atoms. The van der Waals surface area contributed by atoms with Gasteiger partial charge in [0.25, 0.3) is 0 Å². The van der Waals surface area contributed by atoms with Gasteiger partial charge in [-0.15, -0.1) is 0 Å². The number of halogens is 3. The second-order valence-corrected chi connectivity index (χ2v) is 13.5. The number of hydrogen-bond donors (Lipinski definition) is 10. The number of carboxylic acids is 2. The van der Waals surface area contributed by atoms with Crippen molar-refractivity contribution in [2.45, 2.75) is 110 Å². The van der Waals surface area contributed by atoms with Gasteiger partial charge in [0.05, 0.1) is 19.6 Å². The largest absolute Gasteiger partial charge is 0.490 e. The summed E-state index contributed by atoms with van der Waals surface area (Å²) in [5.41, 5.74) is 10.5. The zero-order chi connectivity index (χ0) is 44.2. The number of nitrogens with zero attached hydrogens (tertiary/aromatic N) is 1. The highest BCUT2D eigenvalue weighted by molar-refractivity contribution is 5.96. The maximum absolute atomic E-state index is 13.1. The maximum atomic E-state index is 13.1. The molecule has 57 heavy (non-hydrogen) atoms. The zero-order valence-electron chi connectivity index (χ0n) is 32.3. The summed E-state index contributed by atoms with van der Waals surface area (Å²) >= 11 is 0. The number of primary amides is 1. The Morgan fingerprint density at radius 1 is 0.807 bits per heavy atom. The molecule has 0 aromatic carbocycles. The Labute approximate surface area is 326 Å². The first kappa shape index (κ1) is 51.5. The summed E-state index contributed by atoms with van der Waals surface area (Å²) in [5.74, 6) is -9.82. The molecule has 1 saturated heterocycles. The minimum atomic E-state index is -5.08. The standard InChI is InChI=1S/C31H53N9O10.C2HF3O2/c1-6-17(4)26(30(48)36-18(5)27(45)34-14-23(42)37-19(31(49)50)9-10-22(33)41)39-24(43)15-35-28(46)20(12-16(2)3)38-29(47)21-8-7-11-40(21)25(44)13-32;3-2(4,5)1(6)7/h16-21,26H,6-15,32H2,1-5H3,(H2,33,41)(H,34,45)(H,35,46)(H,36,48)(H,37,42)(H,38,47)(H,39,43)(H,49,50);(H,6,7)/t17-,18-,19-,20-,21-,26-;/m0./s1. The highest BCUT2D eigenvalue weighted by Crippen LogP contribution is 2.18. The summed E-state index contributed by atoms with van der Waals surface area (Å²) < 4.78 is 31.7. The molecule has 0 unspecified atom stereocenters. The molecule has 24 heteroatoms. The first-order chi connectivity index (χ1) is 26.3. The summed E-state index contributed by atoms with van der Waals surface area (Å²) in [4.78, 5) is 122. The topological polar surface area (TPSA) is 339 Å². The first-order valence-corrected chi connectivity index (χ1v) is 17.9. The molecule has 1 fully saturated rings. The Kier molecular flexibility index (Phi) is 22.4. The van der Waals surface area contributed by atoms with E-state index in [0.29, 0.717) is 25.8 Å². The average molecular weight is 826 g/mol. The highest BCUT2D eigenvalue weighted by Gasteiger charge is 2.38. The van der Waals surface area contributed by atoms with E-state index in [1.807, 2.05) is 13.8 Å². The van der Waals surface area contributed by atoms with Crippen LogP contribution in [0.3, 0.4) is 0 Å². The molecule has 21 nitrogen and oxygen atoms in total. The molecule has 12 N–H and O–H groups in total. The van der Waals surface area contributed by atoms with Crippen LogP contribution in [-0.4, -0.2) is 137 Å². The van der Waals surface area contributed by atoms with Gasteiger partial charge in [-0.05, 0) is 44.4 Å². The van der Waals surface area contributed by atoms with Crippen molar-refractivity contribution >= 4 is 59.2 Å². The molecule has 1 heterocycles. The zero-order valence-corrected chi connectivity index (χ0v) is 32.3. The minimum absolute atomic E-state index is 0.00720. The van der Waals surface area contributed by atoms with E-state index in [1.165, 1.54) is 11.8 Å². The van der Waals surface area contributed by atoms with Gasteiger partial charge in [-0.25, -0.2) is 9.59 Å². The van der Waals surface area contributed by atoms with Gasteiger partial charge in [-0.2, -0.15) is 13.2 Å². The average Bonchev–Trinajstić information content (AvgIpc) is 3.62. The SMILES string of the molecule is CC[C@H](C)[C@H](NC(=O)CNC(=O)[C@H](CC(C)C)NC(=O)[C@@H]1CCCN1C(=O)CN)C(=O)N[C@@H](C)C(=O)NCC(=O)N[C@@H](CCC(N)=O)C(=O)O.O=C(O)C(F)(F)F. The molecule has 1 rings (SSSR count). The quantitative estimate of drug-likeness (QED) is 0.0560. The molecule has 0 aliphatic carbocycles. The van der Waals surface area contributed by atoms with Gasteiger partial charge in [0.15, 0.2) is 0 Å². The van der Waals surface area contributed by atoms with Crippen LogP contribution in [0.1, 0.15) is 73.1 Å². The van der Waals surface area contributed by atoms with E-state index in [4.69, 9.17) is 21.4 Å². The Morgan fingerprint density at radius 3 is 1.82 bits per heavy atom. The van der Waals surface area contributed by atoms with Gasteiger partial charge in [0, 0.05) is 13.0 Å². The number of aliphatic carboxylic acids is 2. The Bertz CT molecular complexity index is 1460. The van der Waals surface area contributed by atoms with Crippen molar-refractivity contribution in [2.75, 3.05) is 26.2 Å². The number of likely N-dealkylation sites (tertiary alicyclic amines) is 1. The fourth-order valence-electron chi connectivity index (χ4n) is 5.12. The van der Waals surface area contributed by atoms with Crippen LogP contribution >= 0.6 is 0 Å². The van der Waals surface area contributed by atoms with E-state index < -0.39 is 109 Å². The molecule has 0 radical (unpaired) electrons. The predicted molar refractivity (Wildman–Crippen MR) is 192 cm³/mol. The lowest BCUT2D eigenvalue weighted by atomic mass is 9.98. The summed E-state index contributed by atoms with van der Waals surface area (Å²) in [5, 5.41) is 31.0. The molecule has 6 atom stereocenters. The van der Waals surface area contributed by atoms with E-state index in [-0.39, 0.29) is 37.6 Å². The Hall–Kier alpha value is -5.55. The van der Waals surface area contributed by atoms with Gasteiger partial charge < -0.3 is 58.5 Å². The van der Waals surface area contributed by atoms with Crippen molar-refractivity contribution in [3.8, 4) is 0 Å². The Morgan fingerprint density at radius 2 is 1.35 bits per heavy atom. The number of nitrogens with two attached hydrogens (primary N) is 2. The fraction of sp³-hybridized carbons (Fsp3) is 0.697. The minimum Gasteiger partial charge on any atom is -0.480 e. The van der Waals surface area contributed by atoms with Gasteiger partial charge >= 0.3 is 18.1 Å². The lowest BCUT2D eigenvalue weighted by Gasteiger charge is -2.27. The number of carboxylic acid groups (broad SMARTS) is 2. The van der Waals surface area contributed by atoms with Gasteiger partial charge in [0.1, 0.15) is 30.2 Å². The van der Waals surface area contributed by atoms with E-state index >= 15 is 0 Å². The third-order valence-corrected chi connectivity index (χ3v) is 8.36. The second kappa shape index (κ2) is 24.9. The summed E-state index contributed by atoms with van der Waals surface area (Å²) in [6, 6.07) is -5.42. The number of hydrogen-bond acceptors (Lipinski definition) is 11. The monoisotopic (exact) mass is 825 g/mol. The fourth-order valence-corrected chi connectivity index (χ4v) is 5.12. The molecule has 0 saturated carbocycles. The van der Waals surface area contributed by atoms with Crippen LogP contribution < -0.4 is 43.4 Å². The smallest absolute Gasteiger partial charge is 0.480 e. The Balaban J connectivity index is 0.00000407. The van der Waals surface area contributed by atoms with Gasteiger partial charge in [-0.1, -0.05) is 34.1 Å². The van der Waals surface area contributed by atoms with Crippen molar-refractivity contribution in [1.29, 1.82) is 0 Å². The third-order valence-electron chi connectivity index (χ3n) is 8.36. The maximum Gasteiger partial charge on any atom is 0.490 e. The van der Waals surface area contributed by atoms with Crippen LogP contribution in [0, 0.1) is 11.8 Å².